The second-order valence-electron chi connectivity index (χ2n) is 7.48. The maximum atomic E-state index is 13.2. The molecule has 0 amide bonds. The van der Waals surface area contributed by atoms with Gasteiger partial charge in [-0.3, -0.25) is 4.40 Å². The van der Waals surface area contributed by atoms with Gasteiger partial charge in [0.15, 0.2) is 0 Å². The predicted octanol–water partition coefficient (Wildman–Crippen LogP) is 5.46. The third-order valence-corrected chi connectivity index (χ3v) is 5.81. The lowest BCUT2D eigenvalue weighted by molar-refractivity contribution is -0.138. The molecule has 31 heavy (non-hydrogen) atoms. The molecule has 1 fully saturated rings. The van der Waals surface area contributed by atoms with E-state index in [1.54, 1.807) is 16.7 Å². The number of aromatic nitrogens is 4. The van der Waals surface area contributed by atoms with E-state index < -0.39 is 11.7 Å². The number of alkyl halides is 3. The minimum Gasteiger partial charge on any atom is -0.470 e. The molecule has 4 aromatic rings. The quantitative estimate of drug-likeness (QED) is 0.410. The number of hydrogen-bond donors (Lipinski definition) is 0. The van der Waals surface area contributed by atoms with Crippen molar-refractivity contribution in [2.24, 2.45) is 0 Å². The molecule has 0 N–H and O–H groups in total. The van der Waals surface area contributed by atoms with Crippen molar-refractivity contribution in [1.29, 1.82) is 0 Å². The monoisotopic (exact) mass is 444 g/mol. The third kappa shape index (κ3) is 3.50. The molecule has 1 aliphatic carbocycles. The molecule has 0 unspecified atom stereocenters. The first-order valence-electron chi connectivity index (χ1n) is 9.63. The Morgan fingerprint density at radius 2 is 1.77 bits per heavy atom. The molecule has 158 valence electrons. The van der Waals surface area contributed by atoms with Crippen molar-refractivity contribution in [3.63, 3.8) is 0 Å². The second-order valence-corrected chi connectivity index (χ2v) is 7.92. The van der Waals surface area contributed by atoms with Crippen LogP contribution in [0.25, 0.3) is 5.65 Å². The van der Waals surface area contributed by atoms with Gasteiger partial charge in [-0.1, -0.05) is 41.9 Å². The molecule has 0 bridgehead atoms. The predicted molar refractivity (Wildman–Crippen MR) is 108 cm³/mol. The van der Waals surface area contributed by atoms with Crippen molar-refractivity contribution in [2.45, 2.75) is 31.0 Å². The minimum atomic E-state index is -4.46. The van der Waals surface area contributed by atoms with E-state index in [9.17, 15) is 13.2 Å². The molecule has 1 saturated carbocycles. The highest BCUT2D eigenvalue weighted by atomic mass is 35.5. The smallest absolute Gasteiger partial charge is 0.416 e. The number of ether oxygens (including phenoxy) is 1. The summed E-state index contributed by atoms with van der Waals surface area (Å²) in [6, 6.07) is 12.9. The van der Waals surface area contributed by atoms with Gasteiger partial charge < -0.3 is 4.74 Å². The number of nitrogens with zero attached hydrogens (tertiary/aromatic N) is 4. The zero-order chi connectivity index (χ0) is 21.6. The molecule has 2 aromatic carbocycles. The summed E-state index contributed by atoms with van der Waals surface area (Å²) in [4.78, 5) is 4.17. The Labute approximate surface area is 180 Å². The van der Waals surface area contributed by atoms with Crippen molar-refractivity contribution in [3.05, 3.63) is 88.5 Å². The fourth-order valence-electron chi connectivity index (χ4n) is 3.84. The fourth-order valence-corrected chi connectivity index (χ4v) is 3.96. The molecule has 0 aliphatic heterocycles. The van der Waals surface area contributed by atoms with E-state index in [-0.39, 0.29) is 23.5 Å². The van der Waals surface area contributed by atoms with Gasteiger partial charge in [-0.05, 0) is 36.6 Å². The van der Waals surface area contributed by atoms with E-state index in [1.807, 2.05) is 24.3 Å². The molecular weight excluding hydrogens is 429 g/mol. The maximum Gasteiger partial charge on any atom is 0.416 e. The lowest BCUT2D eigenvalue weighted by atomic mass is 9.95. The first-order chi connectivity index (χ1) is 14.9. The van der Waals surface area contributed by atoms with Gasteiger partial charge in [-0.15, -0.1) is 10.2 Å². The summed E-state index contributed by atoms with van der Waals surface area (Å²) < 4.78 is 47.2. The molecule has 1 aliphatic rings. The Bertz CT molecular complexity index is 1250. The normalized spacial score (nSPS) is 15.2. The van der Waals surface area contributed by atoms with Gasteiger partial charge in [0, 0.05) is 23.0 Å². The summed E-state index contributed by atoms with van der Waals surface area (Å²) >= 11 is 6.02. The van der Waals surface area contributed by atoms with Crippen LogP contribution in [0.4, 0.5) is 13.2 Å². The summed E-state index contributed by atoms with van der Waals surface area (Å²) in [5.41, 5.74) is 0.472. The van der Waals surface area contributed by atoms with Gasteiger partial charge in [0.1, 0.15) is 12.4 Å². The van der Waals surface area contributed by atoms with Crippen molar-refractivity contribution in [3.8, 4) is 5.88 Å². The minimum absolute atomic E-state index is 0.0263. The largest absolute Gasteiger partial charge is 0.470 e. The number of halogens is 4. The highest BCUT2D eigenvalue weighted by Crippen LogP contribution is 2.53. The lowest BCUT2D eigenvalue weighted by Gasteiger charge is -2.15. The van der Waals surface area contributed by atoms with Gasteiger partial charge in [0.25, 0.3) is 5.88 Å². The second kappa shape index (κ2) is 7.23. The number of fused-ring (bicyclic) bond motifs is 1. The standard InChI is InChI=1S/C22H16ClF3N4O/c23-16-7-5-15(6-8-16)21(9-10-21)20-29-28-18-19(27-11-12-30(18)20)31-13-14-3-1-2-4-17(14)22(24,25)26/h1-8,11-12H,9-10,13H2. The van der Waals surface area contributed by atoms with Crippen LogP contribution >= 0.6 is 11.6 Å². The molecule has 5 rings (SSSR count). The van der Waals surface area contributed by atoms with Crippen LogP contribution in [0.2, 0.25) is 5.02 Å². The summed E-state index contributed by atoms with van der Waals surface area (Å²) in [6.45, 7) is -0.285. The number of rotatable bonds is 5. The van der Waals surface area contributed by atoms with Gasteiger partial charge in [-0.25, -0.2) is 4.98 Å². The molecule has 2 heterocycles. The zero-order valence-electron chi connectivity index (χ0n) is 16.1. The van der Waals surface area contributed by atoms with Gasteiger partial charge in [0.2, 0.25) is 5.65 Å². The van der Waals surface area contributed by atoms with E-state index in [0.29, 0.717) is 10.7 Å². The topological polar surface area (TPSA) is 52.3 Å². The number of hydrogen-bond acceptors (Lipinski definition) is 4. The van der Waals surface area contributed by atoms with E-state index >= 15 is 0 Å². The van der Waals surface area contributed by atoms with Crippen LogP contribution in [-0.2, 0) is 18.2 Å². The Morgan fingerprint density at radius 1 is 1.03 bits per heavy atom. The van der Waals surface area contributed by atoms with E-state index in [0.717, 1.165) is 30.3 Å². The lowest BCUT2D eigenvalue weighted by Crippen LogP contribution is -2.14. The van der Waals surface area contributed by atoms with Crippen LogP contribution in [0.15, 0.2) is 60.9 Å². The third-order valence-electron chi connectivity index (χ3n) is 5.56. The van der Waals surface area contributed by atoms with Crippen LogP contribution in [0.3, 0.4) is 0 Å². The molecule has 5 nitrogen and oxygen atoms in total. The molecular formula is C22H16ClF3N4O. The van der Waals surface area contributed by atoms with Crippen LogP contribution in [-0.4, -0.2) is 19.6 Å². The Balaban J connectivity index is 1.47. The van der Waals surface area contributed by atoms with Crippen molar-refractivity contribution < 1.29 is 17.9 Å². The van der Waals surface area contributed by atoms with E-state index in [2.05, 4.69) is 15.2 Å². The first kappa shape index (κ1) is 19.8. The molecule has 2 aromatic heterocycles. The molecule has 0 atom stereocenters. The Morgan fingerprint density at radius 3 is 2.48 bits per heavy atom. The average Bonchev–Trinajstić information content (AvgIpc) is 3.44. The van der Waals surface area contributed by atoms with Gasteiger partial charge >= 0.3 is 6.18 Å². The Hall–Kier alpha value is -3.13. The van der Waals surface area contributed by atoms with E-state index in [4.69, 9.17) is 16.3 Å². The van der Waals surface area contributed by atoms with Crippen LogP contribution in [0, 0.1) is 0 Å². The molecule has 0 saturated heterocycles. The highest BCUT2D eigenvalue weighted by Gasteiger charge is 2.49. The maximum absolute atomic E-state index is 13.2. The van der Waals surface area contributed by atoms with Crippen LogP contribution in [0.5, 0.6) is 5.88 Å². The highest BCUT2D eigenvalue weighted by molar-refractivity contribution is 6.30. The van der Waals surface area contributed by atoms with Crippen molar-refractivity contribution in [1.82, 2.24) is 19.6 Å². The SMILES string of the molecule is FC(F)(F)c1ccccc1COc1nccn2c(C3(c4ccc(Cl)cc4)CC3)nnc12. The Kier molecular flexibility index (Phi) is 4.62. The zero-order valence-corrected chi connectivity index (χ0v) is 16.9. The van der Waals surface area contributed by atoms with Gasteiger partial charge in [0.05, 0.1) is 11.0 Å². The average molecular weight is 445 g/mol. The van der Waals surface area contributed by atoms with E-state index in [1.165, 1.54) is 18.3 Å². The van der Waals surface area contributed by atoms with Crippen molar-refractivity contribution in [2.75, 3.05) is 0 Å². The number of benzene rings is 2. The fraction of sp³-hybridized carbons (Fsp3) is 0.227. The van der Waals surface area contributed by atoms with Gasteiger partial charge in [-0.2, -0.15) is 13.2 Å². The molecule has 0 spiro atoms. The van der Waals surface area contributed by atoms with Crippen LogP contribution in [0.1, 0.15) is 35.4 Å². The van der Waals surface area contributed by atoms with Crippen LogP contribution < -0.4 is 4.74 Å². The summed E-state index contributed by atoms with van der Waals surface area (Å²) in [7, 11) is 0. The molecule has 9 heteroatoms. The summed E-state index contributed by atoms with van der Waals surface area (Å²) in [5.74, 6) is 0.873. The summed E-state index contributed by atoms with van der Waals surface area (Å²) in [6.07, 6.45) is 0.623. The van der Waals surface area contributed by atoms with Crippen molar-refractivity contribution >= 4 is 17.2 Å². The molecule has 0 radical (unpaired) electrons. The first-order valence-corrected chi connectivity index (χ1v) is 10.0. The summed E-state index contributed by atoms with van der Waals surface area (Å²) in [5, 5.41) is 9.27.